The Labute approximate surface area is 113 Å². The van der Waals surface area contributed by atoms with Crippen molar-refractivity contribution < 1.29 is 19.8 Å². The Hall–Kier alpha value is -1.30. The maximum absolute atomic E-state index is 11.6. The van der Waals surface area contributed by atoms with Crippen LogP contribution in [0.2, 0.25) is 0 Å². The van der Waals surface area contributed by atoms with E-state index in [1.807, 2.05) is 0 Å². The van der Waals surface area contributed by atoms with Crippen molar-refractivity contribution in [2.24, 2.45) is 11.8 Å². The number of nitrogens with one attached hydrogen (secondary N) is 2. The first-order valence-electron chi connectivity index (χ1n) is 6.91. The molecule has 0 aliphatic heterocycles. The first-order valence-corrected chi connectivity index (χ1v) is 6.91. The molecule has 2 amide bonds. The van der Waals surface area contributed by atoms with Crippen LogP contribution in [0.5, 0.6) is 0 Å². The molecule has 6 nitrogen and oxygen atoms in total. The molecule has 0 aromatic rings. The van der Waals surface area contributed by atoms with Crippen LogP contribution in [0, 0.1) is 11.8 Å². The Bertz CT molecular complexity index is 301. The highest BCUT2D eigenvalue weighted by molar-refractivity contribution is 5.82. The number of urea groups is 1. The topological polar surface area (TPSA) is 98.7 Å². The minimum atomic E-state index is -1.13. The first kappa shape index (κ1) is 15.8. The number of rotatable bonds is 6. The van der Waals surface area contributed by atoms with Gasteiger partial charge in [-0.05, 0) is 24.7 Å². The normalized spacial score (nSPS) is 24.5. The molecule has 1 aliphatic carbocycles. The lowest BCUT2D eigenvalue weighted by atomic mass is 9.83. The van der Waals surface area contributed by atoms with Gasteiger partial charge >= 0.3 is 12.0 Å². The van der Waals surface area contributed by atoms with Gasteiger partial charge in [0.05, 0.1) is 0 Å². The molecule has 0 saturated heterocycles. The van der Waals surface area contributed by atoms with Crippen LogP contribution >= 0.6 is 0 Å². The van der Waals surface area contributed by atoms with Crippen molar-refractivity contribution >= 4 is 12.0 Å². The van der Waals surface area contributed by atoms with E-state index in [1.54, 1.807) is 0 Å². The van der Waals surface area contributed by atoms with Crippen LogP contribution in [-0.2, 0) is 4.79 Å². The van der Waals surface area contributed by atoms with Gasteiger partial charge in [0.2, 0.25) is 0 Å². The average Bonchev–Trinajstić information content (AvgIpc) is 2.37. The summed E-state index contributed by atoms with van der Waals surface area (Å²) in [7, 11) is 0. The zero-order valence-corrected chi connectivity index (χ0v) is 11.4. The fourth-order valence-corrected chi connectivity index (χ4v) is 2.37. The van der Waals surface area contributed by atoms with E-state index in [0.717, 1.165) is 18.8 Å². The van der Waals surface area contributed by atoms with Crippen LogP contribution in [0.25, 0.3) is 0 Å². The van der Waals surface area contributed by atoms with E-state index in [2.05, 4.69) is 17.6 Å². The van der Waals surface area contributed by atoms with Crippen molar-refractivity contribution in [2.75, 3.05) is 13.2 Å². The van der Waals surface area contributed by atoms with Gasteiger partial charge in [0.15, 0.2) is 0 Å². The third-order valence-electron chi connectivity index (χ3n) is 3.71. The standard InChI is InChI=1S/C13H24N2O4/c1-9-2-4-10(5-3-9)8-14-13(19)15-11(6-7-16)12(17)18/h9-11,16H,2-8H2,1H3,(H,17,18)(H2,14,15,19)/t9?,10?,11-/m0/s1. The molecule has 0 spiro atoms. The largest absolute Gasteiger partial charge is 0.480 e. The number of aliphatic hydroxyl groups excluding tert-OH is 1. The second-order valence-corrected chi connectivity index (χ2v) is 5.38. The molecule has 110 valence electrons. The lowest BCUT2D eigenvalue weighted by molar-refractivity contribution is -0.139. The van der Waals surface area contributed by atoms with Crippen LogP contribution in [0.3, 0.4) is 0 Å². The summed E-state index contributed by atoms with van der Waals surface area (Å²) in [5.41, 5.74) is 0. The van der Waals surface area contributed by atoms with E-state index in [-0.39, 0.29) is 13.0 Å². The quantitative estimate of drug-likeness (QED) is 0.578. The Morgan fingerprint density at radius 1 is 1.26 bits per heavy atom. The van der Waals surface area contributed by atoms with Crippen molar-refractivity contribution in [3.05, 3.63) is 0 Å². The van der Waals surface area contributed by atoms with Crippen LogP contribution in [0.4, 0.5) is 4.79 Å². The third kappa shape index (κ3) is 5.92. The summed E-state index contributed by atoms with van der Waals surface area (Å²) in [6, 6.07) is -1.50. The average molecular weight is 272 g/mol. The van der Waals surface area contributed by atoms with Gasteiger partial charge in [-0.25, -0.2) is 9.59 Å². The van der Waals surface area contributed by atoms with Gasteiger partial charge in [-0.1, -0.05) is 19.8 Å². The van der Waals surface area contributed by atoms with Crippen molar-refractivity contribution in [3.63, 3.8) is 0 Å². The predicted octanol–water partition coefficient (Wildman–Crippen LogP) is 0.947. The van der Waals surface area contributed by atoms with Gasteiger partial charge < -0.3 is 20.8 Å². The molecule has 19 heavy (non-hydrogen) atoms. The lowest BCUT2D eigenvalue weighted by Crippen LogP contribution is -2.47. The predicted molar refractivity (Wildman–Crippen MR) is 70.8 cm³/mol. The summed E-state index contributed by atoms with van der Waals surface area (Å²) >= 11 is 0. The molecule has 1 fully saturated rings. The van der Waals surface area contributed by atoms with Crippen molar-refractivity contribution in [3.8, 4) is 0 Å². The molecular formula is C13H24N2O4. The van der Waals surface area contributed by atoms with E-state index in [4.69, 9.17) is 10.2 Å². The number of carbonyl (C=O) groups is 2. The maximum Gasteiger partial charge on any atom is 0.326 e. The van der Waals surface area contributed by atoms with Gasteiger partial charge in [-0.3, -0.25) is 0 Å². The molecule has 0 bridgehead atoms. The molecule has 0 radical (unpaired) electrons. The van der Waals surface area contributed by atoms with Gasteiger partial charge in [-0.15, -0.1) is 0 Å². The van der Waals surface area contributed by atoms with Crippen molar-refractivity contribution in [1.29, 1.82) is 0 Å². The highest BCUT2D eigenvalue weighted by Crippen LogP contribution is 2.27. The Balaban J connectivity index is 2.24. The zero-order chi connectivity index (χ0) is 14.3. The summed E-state index contributed by atoms with van der Waals surface area (Å²) in [4.78, 5) is 22.4. The van der Waals surface area contributed by atoms with Gasteiger partial charge in [0.1, 0.15) is 6.04 Å². The molecule has 0 aromatic carbocycles. The minimum absolute atomic E-state index is 0.0176. The molecule has 1 aliphatic rings. The molecule has 0 heterocycles. The Morgan fingerprint density at radius 2 is 1.89 bits per heavy atom. The molecule has 0 unspecified atom stereocenters. The number of carboxylic acids is 1. The fourth-order valence-electron chi connectivity index (χ4n) is 2.37. The fraction of sp³-hybridized carbons (Fsp3) is 0.846. The summed E-state index contributed by atoms with van der Waals surface area (Å²) in [5, 5.41) is 22.6. The molecular weight excluding hydrogens is 248 g/mol. The number of aliphatic hydroxyl groups is 1. The monoisotopic (exact) mass is 272 g/mol. The van der Waals surface area contributed by atoms with E-state index < -0.39 is 18.0 Å². The highest BCUT2D eigenvalue weighted by Gasteiger charge is 2.21. The zero-order valence-electron chi connectivity index (χ0n) is 11.4. The van der Waals surface area contributed by atoms with E-state index in [9.17, 15) is 9.59 Å². The van der Waals surface area contributed by atoms with E-state index in [0.29, 0.717) is 12.5 Å². The van der Waals surface area contributed by atoms with Gasteiger partial charge in [-0.2, -0.15) is 0 Å². The molecule has 6 heteroatoms. The summed E-state index contributed by atoms with van der Waals surface area (Å²) in [5.74, 6) is 0.129. The number of carbonyl (C=O) groups excluding carboxylic acids is 1. The molecule has 1 saturated carbocycles. The number of hydrogen-bond donors (Lipinski definition) is 4. The van der Waals surface area contributed by atoms with Crippen LogP contribution in [0.15, 0.2) is 0 Å². The van der Waals surface area contributed by atoms with Crippen LogP contribution in [-0.4, -0.2) is 41.4 Å². The number of aliphatic carboxylic acids is 1. The van der Waals surface area contributed by atoms with E-state index in [1.165, 1.54) is 12.8 Å². The Kier molecular flexibility index (Phi) is 6.62. The molecule has 4 N–H and O–H groups in total. The number of amides is 2. The SMILES string of the molecule is CC1CCC(CNC(=O)N[C@@H](CCO)C(=O)O)CC1. The second-order valence-electron chi connectivity index (χ2n) is 5.38. The van der Waals surface area contributed by atoms with Crippen molar-refractivity contribution in [1.82, 2.24) is 10.6 Å². The Morgan fingerprint density at radius 3 is 2.42 bits per heavy atom. The molecule has 0 aromatic heterocycles. The smallest absolute Gasteiger partial charge is 0.326 e. The maximum atomic E-state index is 11.6. The molecule has 1 rings (SSSR count). The highest BCUT2D eigenvalue weighted by atomic mass is 16.4. The van der Waals surface area contributed by atoms with Crippen LogP contribution < -0.4 is 10.6 Å². The summed E-state index contributed by atoms with van der Waals surface area (Å²) < 4.78 is 0. The van der Waals surface area contributed by atoms with Crippen LogP contribution in [0.1, 0.15) is 39.0 Å². The minimum Gasteiger partial charge on any atom is -0.480 e. The number of carboxylic acid groups (broad SMARTS) is 1. The van der Waals surface area contributed by atoms with Crippen molar-refractivity contribution in [2.45, 2.75) is 45.1 Å². The van der Waals surface area contributed by atoms with E-state index >= 15 is 0 Å². The molecule has 1 atom stereocenters. The van der Waals surface area contributed by atoms with Gasteiger partial charge in [0, 0.05) is 19.6 Å². The second kappa shape index (κ2) is 7.99. The lowest BCUT2D eigenvalue weighted by Gasteiger charge is -2.26. The van der Waals surface area contributed by atoms with Gasteiger partial charge in [0.25, 0.3) is 0 Å². The summed E-state index contributed by atoms with van der Waals surface area (Å²) in [6.45, 7) is 2.56. The number of hydrogen-bond acceptors (Lipinski definition) is 3. The first-order chi connectivity index (χ1) is 9.02. The summed E-state index contributed by atoms with van der Waals surface area (Å²) in [6.07, 6.45) is 4.62. The third-order valence-corrected chi connectivity index (χ3v) is 3.71.